The first-order chi connectivity index (χ1) is 12.1. The minimum atomic E-state index is -0.713. The van der Waals surface area contributed by atoms with Crippen molar-refractivity contribution < 1.29 is 13.3 Å². The topological polar surface area (TPSA) is 69.6 Å². The summed E-state index contributed by atoms with van der Waals surface area (Å²) >= 11 is 0. The zero-order valence-electron chi connectivity index (χ0n) is 13.0. The first kappa shape index (κ1) is 15.1. The Kier molecular flexibility index (Phi) is 3.57. The lowest BCUT2D eigenvalue weighted by Gasteiger charge is -2.05. The van der Waals surface area contributed by atoms with Crippen LogP contribution in [0.5, 0.6) is 0 Å². The van der Waals surface area contributed by atoms with Crippen LogP contribution >= 0.6 is 0 Å². The van der Waals surface area contributed by atoms with Gasteiger partial charge in [-0.2, -0.15) is 4.68 Å². The maximum atomic E-state index is 13.5. The molecule has 4 rings (SSSR count). The van der Waals surface area contributed by atoms with E-state index < -0.39 is 11.6 Å². The molecule has 2 aromatic carbocycles. The molecule has 0 saturated carbocycles. The Morgan fingerprint density at radius 2 is 1.72 bits per heavy atom. The van der Waals surface area contributed by atoms with E-state index in [1.807, 2.05) is 31.2 Å². The third-order valence-corrected chi connectivity index (χ3v) is 3.68. The molecule has 124 valence electrons. The van der Waals surface area contributed by atoms with Crippen LogP contribution in [0.25, 0.3) is 28.4 Å². The number of halogens is 2. The average Bonchev–Trinajstić information content (AvgIpc) is 3.23. The number of aromatic nitrogens is 5. The highest BCUT2D eigenvalue weighted by Crippen LogP contribution is 2.32. The third-order valence-electron chi connectivity index (χ3n) is 3.68. The molecular weight excluding hydrogens is 328 g/mol. The van der Waals surface area contributed by atoms with Crippen LogP contribution in [0, 0.1) is 18.6 Å². The largest absolute Gasteiger partial charge is 0.356 e. The standard InChI is InChI=1S/C17H11F2N5O/c1-10-2-4-14(5-3-10)24-17(21-22-23-24)15-9-20-25-16(15)11-6-12(18)8-13(19)7-11/h2-9H,1H3. The highest BCUT2D eigenvalue weighted by atomic mass is 19.1. The Morgan fingerprint density at radius 3 is 2.44 bits per heavy atom. The molecule has 0 unspecified atom stereocenters. The molecule has 0 amide bonds. The van der Waals surface area contributed by atoms with Crippen molar-refractivity contribution in [2.75, 3.05) is 0 Å². The van der Waals surface area contributed by atoms with Crippen molar-refractivity contribution in [3.63, 3.8) is 0 Å². The van der Waals surface area contributed by atoms with Crippen molar-refractivity contribution in [1.82, 2.24) is 25.4 Å². The van der Waals surface area contributed by atoms with Crippen molar-refractivity contribution in [2.24, 2.45) is 0 Å². The SMILES string of the molecule is Cc1ccc(-n2nnnc2-c2cnoc2-c2cc(F)cc(F)c2)cc1. The Morgan fingerprint density at radius 1 is 1.00 bits per heavy atom. The Hall–Kier alpha value is -3.42. The maximum absolute atomic E-state index is 13.5. The van der Waals surface area contributed by atoms with Crippen LogP contribution < -0.4 is 0 Å². The van der Waals surface area contributed by atoms with Crippen LogP contribution in [0.2, 0.25) is 0 Å². The predicted octanol–water partition coefficient (Wildman–Crippen LogP) is 3.57. The second-order valence-corrected chi connectivity index (χ2v) is 5.48. The molecule has 0 aliphatic rings. The summed E-state index contributed by atoms with van der Waals surface area (Å²) < 4.78 is 33.8. The van der Waals surface area contributed by atoms with Crippen LogP contribution in [-0.4, -0.2) is 25.4 Å². The highest BCUT2D eigenvalue weighted by Gasteiger charge is 2.20. The van der Waals surface area contributed by atoms with Crippen LogP contribution in [0.3, 0.4) is 0 Å². The summed E-state index contributed by atoms with van der Waals surface area (Å²) in [7, 11) is 0. The Labute approximate surface area is 140 Å². The molecule has 2 aromatic heterocycles. The molecular formula is C17H11F2N5O. The van der Waals surface area contributed by atoms with E-state index in [0.29, 0.717) is 11.4 Å². The van der Waals surface area contributed by atoms with Gasteiger partial charge in [-0.25, -0.2) is 8.78 Å². The van der Waals surface area contributed by atoms with Gasteiger partial charge in [-0.3, -0.25) is 0 Å². The molecule has 8 heteroatoms. The van der Waals surface area contributed by atoms with Gasteiger partial charge in [-0.15, -0.1) is 5.10 Å². The summed E-state index contributed by atoms with van der Waals surface area (Å²) in [4.78, 5) is 0. The second kappa shape index (κ2) is 5.90. The molecule has 0 saturated heterocycles. The number of tetrazole rings is 1. The van der Waals surface area contributed by atoms with E-state index in [2.05, 4.69) is 20.7 Å². The van der Waals surface area contributed by atoms with Crippen molar-refractivity contribution in [3.05, 3.63) is 65.9 Å². The molecule has 6 nitrogen and oxygen atoms in total. The fourth-order valence-electron chi connectivity index (χ4n) is 2.51. The van der Waals surface area contributed by atoms with Crippen molar-refractivity contribution in [2.45, 2.75) is 6.92 Å². The number of nitrogens with zero attached hydrogens (tertiary/aromatic N) is 5. The monoisotopic (exact) mass is 339 g/mol. The summed E-state index contributed by atoms with van der Waals surface area (Å²) in [5.74, 6) is -0.891. The molecule has 0 aliphatic carbocycles. The lowest BCUT2D eigenvalue weighted by Crippen LogP contribution is -2.00. The Balaban J connectivity index is 1.84. The van der Waals surface area contributed by atoms with E-state index in [0.717, 1.165) is 29.4 Å². The molecule has 0 N–H and O–H groups in total. The van der Waals surface area contributed by atoms with E-state index in [-0.39, 0.29) is 11.3 Å². The quantitative estimate of drug-likeness (QED) is 0.571. The third kappa shape index (κ3) is 2.78. The number of benzene rings is 2. The van der Waals surface area contributed by atoms with Gasteiger partial charge in [-0.05, 0) is 41.6 Å². The fourth-order valence-corrected chi connectivity index (χ4v) is 2.51. The number of rotatable bonds is 3. The fraction of sp³-hybridized carbons (Fsp3) is 0.0588. The average molecular weight is 339 g/mol. The normalized spacial score (nSPS) is 11.0. The van der Waals surface area contributed by atoms with E-state index in [1.54, 1.807) is 0 Å². The first-order valence-corrected chi connectivity index (χ1v) is 7.39. The summed E-state index contributed by atoms with van der Waals surface area (Å²) in [6.07, 6.45) is 1.41. The van der Waals surface area contributed by atoms with Crippen LogP contribution in [-0.2, 0) is 0 Å². The smallest absolute Gasteiger partial charge is 0.192 e. The van der Waals surface area contributed by atoms with Gasteiger partial charge in [0.05, 0.1) is 17.4 Å². The number of hydrogen-bond donors (Lipinski definition) is 0. The van der Waals surface area contributed by atoms with Crippen molar-refractivity contribution in [1.29, 1.82) is 0 Å². The molecule has 0 aliphatic heterocycles. The van der Waals surface area contributed by atoms with Gasteiger partial charge in [0.1, 0.15) is 11.6 Å². The van der Waals surface area contributed by atoms with Gasteiger partial charge in [0.2, 0.25) is 0 Å². The Bertz CT molecular complexity index is 1020. The molecule has 0 fully saturated rings. The van der Waals surface area contributed by atoms with Gasteiger partial charge in [0.25, 0.3) is 0 Å². The van der Waals surface area contributed by atoms with Gasteiger partial charge >= 0.3 is 0 Å². The second-order valence-electron chi connectivity index (χ2n) is 5.48. The first-order valence-electron chi connectivity index (χ1n) is 7.39. The van der Waals surface area contributed by atoms with E-state index in [4.69, 9.17) is 4.52 Å². The predicted molar refractivity (Wildman–Crippen MR) is 84.7 cm³/mol. The molecule has 2 heterocycles. The van der Waals surface area contributed by atoms with E-state index >= 15 is 0 Å². The lowest BCUT2D eigenvalue weighted by atomic mass is 10.1. The molecule has 0 radical (unpaired) electrons. The molecule has 25 heavy (non-hydrogen) atoms. The van der Waals surface area contributed by atoms with Crippen molar-refractivity contribution >= 4 is 0 Å². The number of hydrogen-bond acceptors (Lipinski definition) is 5. The zero-order valence-corrected chi connectivity index (χ0v) is 13.0. The highest BCUT2D eigenvalue weighted by molar-refractivity contribution is 5.76. The van der Waals surface area contributed by atoms with E-state index in [1.165, 1.54) is 10.9 Å². The van der Waals surface area contributed by atoms with Crippen LogP contribution in [0.1, 0.15) is 5.56 Å². The van der Waals surface area contributed by atoms with Gasteiger partial charge in [0.15, 0.2) is 11.6 Å². The van der Waals surface area contributed by atoms with Crippen LogP contribution in [0.15, 0.2) is 53.2 Å². The van der Waals surface area contributed by atoms with Gasteiger partial charge < -0.3 is 4.52 Å². The maximum Gasteiger partial charge on any atom is 0.192 e. The molecule has 0 spiro atoms. The summed E-state index contributed by atoms with van der Waals surface area (Å²) in [6.45, 7) is 1.97. The summed E-state index contributed by atoms with van der Waals surface area (Å²) in [6, 6.07) is 10.7. The minimum absolute atomic E-state index is 0.182. The lowest BCUT2D eigenvalue weighted by molar-refractivity contribution is 0.431. The van der Waals surface area contributed by atoms with Crippen LogP contribution in [0.4, 0.5) is 8.78 Å². The van der Waals surface area contributed by atoms with Gasteiger partial charge in [0, 0.05) is 11.6 Å². The van der Waals surface area contributed by atoms with E-state index in [9.17, 15) is 8.78 Å². The zero-order chi connectivity index (χ0) is 17.4. The summed E-state index contributed by atoms with van der Waals surface area (Å²) in [5, 5.41) is 15.4. The molecule has 4 aromatic rings. The molecule has 0 atom stereocenters. The summed E-state index contributed by atoms with van der Waals surface area (Å²) in [5.41, 5.74) is 2.47. The number of aryl methyl sites for hydroxylation is 1. The van der Waals surface area contributed by atoms with Gasteiger partial charge in [-0.1, -0.05) is 22.9 Å². The minimum Gasteiger partial charge on any atom is -0.356 e. The van der Waals surface area contributed by atoms with Crippen molar-refractivity contribution in [3.8, 4) is 28.4 Å². The molecule has 0 bridgehead atoms.